The number of aryl methyl sites for hydroxylation is 1. The fraction of sp³-hybridized carbons (Fsp3) is 0.286. The van der Waals surface area contributed by atoms with E-state index in [1.165, 1.54) is 18.7 Å². The summed E-state index contributed by atoms with van der Waals surface area (Å²) < 4.78 is 19.2. The van der Waals surface area contributed by atoms with Gasteiger partial charge >= 0.3 is 0 Å². The van der Waals surface area contributed by atoms with Gasteiger partial charge in [0, 0.05) is 5.56 Å². The summed E-state index contributed by atoms with van der Waals surface area (Å²) in [6.45, 7) is 0. The molecule has 1 heterocycles. The number of hydrazine groups is 1. The number of rotatable bonds is 6. The first kappa shape index (κ1) is 14.0. The van der Waals surface area contributed by atoms with Crippen molar-refractivity contribution in [3.63, 3.8) is 0 Å². The van der Waals surface area contributed by atoms with E-state index in [4.69, 9.17) is 10.6 Å². The molecule has 5 heteroatoms. The van der Waals surface area contributed by atoms with E-state index in [-0.39, 0.29) is 11.9 Å². The molecular weight excluding hydrogens is 263 g/mol. The highest BCUT2D eigenvalue weighted by Gasteiger charge is 2.19. The molecule has 3 N–H and O–H groups in total. The van der Waals surface area contributed by atoms with Crippen LogP contribution in [0.1, 0.15) is 23.6 Å². The topological polar surface area (TPSA) is 47.3 Å². The van der Waals surface area contributed by atoms with Gasteiger partial charge < -0.3 is 4.74 Å². The molecule has 0 spiro atoms. The highest BCUT2D eigenvalue weighted by Crippen LogP contribution is 2.30. The predicted octanol–water partition coefficient (Wildman–Crippen LogP) is 3.03. The molecule has 0 radical (unpaired) electrons. The van der Waals surface area contributed by atoms with Crippen LogP contribution in [0.5, 0.6) is 5.75 Å². The minimum Gasteiger partial charge on any atom is -0.496 e. The van der Waals surface area contributed by atoms with Crippen molar-refractivity contribution in [1.82, 2.24) is 5.43 Å². The van der Waals surface area contributed by atoms with Crippen molar-refractivity contribution < 1.29 is 9.13 Å². The number of ether oxygens (including phenoxy) is 1. The Morgan fingerprint density at radius 3 is 2.89 bits per heavy atom. The van der Waals surface area contributed by atoms with Gasteiger partial charge in [-0.3, -0.25) is 11.3 Å². The Bertz CT molecular complexity index is 516. The van der Waals surface area contributed by atoms with Crippen molar-refractivity contribution in [3.05, 3.63) is 52.0 Å². The quantitative estimate of drug-likeness (QED) is 0.631. The molecule has 1 aromatic heterocycles. The largest absolute Gasteiger partial charge is 0.496 e. The molecule has 1 unspecified atom stereocenters. The summed E-state index contributed by atoms with van der Waals surface area (Å²) >= 11 is 1.66. The summed E-state index contributed by atoms with van der Waals surface area (Å²) in [5, 5.41) is 4.12. The molecule has 2 rings (SSSR count). The maximum absolute atomic E-state index is 14.0. The van der Waals surface area contributed by atoms with Crippen LogP contribution in [0.15, 0.2) is 35.0 Å². The molecule has 102 valence electrons. The summed E-state index contributed by atoms with van der Waals surface area (Å²) in [5.74, 6) is 5.79. The Balaban J connectivity index is 2.17. The van der Waals surface area contributed by atoms with Gasteiger partial charge in [-0.2, -0.15) is 11.3 Å². The lowest BCUT2D eigenvalue weighted by Crippen LogP contribution is -2.29. The van der Waals surface area contributed by atoms with Gasteiger partial charge in [-0.15, -0.1) is 0 Å². The van der Waals surface area contributed by atoms with Gasteiger partial charge in [0.05, 0.1) is 13.2 Å². The van der Waals surface area contributed by atoms with E-state index in [2.05, 4.69) is 16.9 Å². The van der Waals surface area contributed by atoms with Crippen molar-refractivity contribution in [2.45, 2.75) is 18.9 Å². The second-order valence-electron chi connectivity index (χ2n) is 4.25. The molecule has 0 aliphatic rings. The Morgan fingerprint density at radius 1 is 1.42 bits per heavy atom. The number of hydrogen-bond donors (Lipinski definition) is 2. The first-order chi connectivity index (χ1) is 9.26. The van der Waals surface area contributed by atoms with Gasteiger partial charge in [-0.25, -0.2) is 4.39 Å². The smallest absolute Gasteiger partial charge is 0.131 e. The normalized spacial score (nSPS) is 12.4. The molecule has 1 aromatic carbocycles. The summed E-state index contributed by atoms with van der Waals surface area (Å²) in [7, 11) is 1.53. The summed E-state index contributed by atoms with van der Waals surface area (Å²) in [4.78, 5) is 0. The summed E-state index contributed by atoms with van der Waals surface area (Å²) in [5.41, 5.74) is 4.40. The standard InChI is InChI=1S/C14H17FN2OS/c1-18-13-4-2-3-11(15)14(13)12(17-16)6-5-10-7-8-19-9-10/h2-4,7-9,12,17H,5-6,16H2,1H3. The zero-order chi connectivity index (χ0) is 13.7. The van der Waals surface area contributed by atoms with E-state index in [1.807, 2.05) is 5.38 Å². The van der Waals surface area contributed by atoms with Gasteiger partial charge in [0.2, 0.25) is 0 Å². The molecular formula is C14H17FN2OS. The third kappa shape index (κ3) is 3.32. The Labute approximate surface area is 116 Å². The van der Waals surface area contributed by atoms with Crippen molar-refractivity contribution in [3.8, 4) is 5.75 Å². The molecule has 1 atom stereocenters. The van der Waals surface area contributed by atoms with Gasteiger partial charge in [-0.05, 0) is 47.4 Å². The van der Waals surface area contributed by atoms with E-state index < -0.39 is 0 Å². The van der Waals surface area contributed by atoms with Crippen LogP contribution in [0.4, 0.5) is 4.39 Å². The van der Waals surface area contributed by atoms with Gasteiger partial charge in [-0.1, -0.05) is 6.07 Å². The van der Waals surface area contributed by atoms with E-state index >= 15 is 0 Å². The minimum atomic E-state index is -0.299. The molecule has 0 amide bonds. The Kier molecular flexibility index (Phi) is 4.90. The van der Waals surface area contributed by atoms with Crippen molar-refractivity contribution in [2.75, 3.05) is 7.11 Å². The number of thiophene rings is 1. The number of hydrogen-bond acceptors (Lipinski definition) is 4. The molecule has 0 bridgehead atoms. The average molecular weight is 280 g/mol. The number of methoxy groups -OCH3 is 1. The molecule has 19 heavy (non-hydrogen) atoms. The van der Waals surface area contributed by atoms with Crippen LogP contribution in [-0.2, 0) is 6.42 Å². The molecule has 0 saturated carbocycles. The molecule has 3 nitrogen and oxygen atoms in total. The SMILES string of the molecule is COc1cccc(F)c1C(CCc1ccsc1)NN. The van der Waals surface area contributed by atoms with Crippen molar-refractivity contribution in [1.29, 1.82) is 0 Å². The maximum atomic E-state index is 14.0. The molecule has 2 aromatic rings. The zero-order valence-electron chi connectivity index (χ0n) is 10.7. The molecule has 0 aliphatic heterocycles. The maximum Gasteiger partial charge on any atom is 0.131 e. The molecule has 0 saturated heterocycles. The third-order valence-electron chi connectivity index (χ3n) is 3.08. The van der Waals surface area contributed by atoms with Crippen LogP contribution in [0.3, 0.4) is 0 Å². The van der Waals surface area contributed by atoms with E-state index in [9.17, 15) is 4.39 Å². The van der Waals surface area contributed by atoms with Gasteiger partial charge in [0.15, 0.2) is 0 Å². The van der Waals surface area contributed by atoms with Crippen LogP contribution in [0.25, 0.3) is 0 Å². The van der Waals surface area contributed by atoms with Crippen molar-refractivity contribution >= 4 is 11.3 Å². The first-order valence-corrected chi connectivity index (χ1v) is 7.00. The zero-order valence-corrected chi connectivity index (χ0v) is 11.5. The lowest BCUT2D eigenvalue weighted by molar-refractivity contribution is 0.386. The van der Waals surface area contributed by atoms with Crippen LogP contribution in [0.2, 0.25) is 0 Å². The fourth-order valence-electron chi connectivity index (χ4n) is 2.09. The minimum absolute atomic E-state index is 0.268. The van der Waals surface area contributed by atoms with Gasteiger partial charge in [0.1, 0.15) is 11.6 Å². The second-order valence-corrected chi connectivity index (χ2v) is 5.03. The van der Waals surface area contributed by atoms with Crippen LogP contribution in [0, 0.1) is 5.82 Å². The van der Waals surface area contributed by atoms with Crippen LogP contribution in [-0.4, -0.2) is 7.11 Å². The monoisotopic (exact) mass is 280 g/mol. The Hall–Kier alpha value is -1.43. The third-order valence-corrected chi connectivity index (χ3v) is 3.82. The highest BCUT2D eigenvalue weighted by atomic mass is 32.1. The number of benzene rings is 1. The lowest BCUT2D eigenvalue weighted by Gasteiger charge is -2.19. The predicted molar refractivity (Wildman–Crippen MR) is 75.7 cm³/mol. The molecule has 0 fully saturated rings. The summed E-state index contributed by atoms with van der Waals surface area (Å²) in [6, 6.07) is 6.59. The number of halogens is 1. The van der Waals surface area contributed by atoms with Gasteiger partial charge in [0.25, 0.3) is 0 Å². The van der Waals surface area contributed by atoms with E-state index in [1.54, 1.807) is 23.5 Å². The summed E-state index contributed by atoms with van der Waals surface area (Å²) in [6.07, 6.45) is 1.56. The lowest BCUT2D eigenvalue weighted by atomic mass is 9.99. The number of nitrogens with two attached hydrogens (primary N) is 1. The number of nitrogens with one attached hydrogen (secondary N) is 1. The molecule has 0 aliphatic carbocycles. The second kappa shape index (κ2) is 6.65. The van der Waals surface area contributed by atoms with Crippen molar-refractivity contribution in [2.24, 2.45) is 5.84 Å². The fourth-order valence-corrected chi connectivity index (χ4v) is 2.79. The first-order valence-electron chi connectivity index (χ1n) is 6.06. The van der Waals surface area contributed by atoms with Crippen LogP contribution < -0.4 is 16.0 Å². The van der Waals surface area contributed by atoms with E-state index in [0.717, 1.165) is 6.42 Å². The van der Waals surface area contributed by atoms with E-state index in [0.29, 0.717) is 17.7 Å². The Morgan fingerprint density at radius 2 is 2.26 bits per heavy atom. The average Bonchev–Trinajstić information content (AvgIpc) is 2.94. The van der Waals surface area contributed by atoms with Crippen LogP contribution >= 0.6 is 11.3 Å². The highest BCUT2D eigenvalue weighted by molar-refractivity contribution is 7.07.